The van der Waals surface area contributed by atoms with Crippen LogP contribution in [0.4, 0.5) is 0 Å². The van der Waals surface area contributed by atoms with Crippen LogP contribution in [0.3, 0.4) is 0 Å². The maximum Gasteiger partial charge on any atom is 0.224 e. The summed E-state index contributed by atoms with van der Waals surface area (Å²) in [6.07, 6.45) is 1.16. The van der Waals surface area contributed by atoms with E-state index in [0.29, 0.717) is 19.1 Å². The van der Waals surface area contributed by atoms with Crippen molar-refractivity contribution in [3.63, 3.8) is 0 Å². The van der Waals surface area contributed by atoms with Crippen molar-refractivity contribution in [3.8, 4) is 0 Å². The Labute approximate surface area is 157 Å². The number of benzene rings is 2. The van der Waals surface area contributed by atoms with Crippen LogP contribution in [0, 0.1) is 5.92 Å². The molecule has 0 saturated heterocycles. The lowest BCUT2D eigenvalue weighted by Crippen LogP contribution is -2.24. The van der Waals surface area contributed by atoms with Gasteiger partial charge in [0.2, 0.25) is 5.91 Å². The number of carbonyl (C=O) groups is 1. The Morgan fingerprint density at radius 2 is 1.92 bits per heavy atom. The van der Waals surface area contributed by atoms with Crippen LogP contribution < -0.4 is 5.32 Å². The lowest BCUT2D eigenvalue weighted by molar-refractivity contribution is -0.122. The molecule has 0 radical (unpaired) electrons. The van der Waals surface area contributed by atoms with Gasteiger partial charge in [0.1, 0.15) is 0 Å². The van der Waals surface area contributed by atoms with Crippen molar-refractivity contribution in [2.45, 2.75) is 45.4 Å². The van der Waals surface area contributed by atoms with E-state index in [2.05, 4.69) is 45.5 Å². The fourth-order valence-corrected chi connectivity index (χ4v) is 3.24. The molecular weight excluding hydrogens is 378 g/mol. The highest BCUT2D eigenvalue weighted by Crippen LogP contribution is 2.47. The van der Waals surface area contributed by atoms with E-state index in [1.807, 2.05) is 38.1 Å². The summed E-state index contributed by atoms with van der Waals surface area (Å²) in [5.41, 5.74) is 3.50. The van der Waals surface area contributed by atoms with Gasteiger partial charge in [0.05, 0.1) is 12.7 Å². The monoisotopic (exact) mass is 401 g/mol. The van der Waals surface area contributed by atoms with Crippen LogP contribution in [0.1, 0.15) is 42.9 Å². The summed E-state index contributed by atoms with van der Waals surface area (Å²) in [7, 11) is 0. The first kappa shape index (κ1) is 18.2. The number of nitrogens with one attached hydrogen (secondary N) is 1. The number of carbonyl (C=O) groups excluding carboxylic acids is 1. The SMILES string of the molecule is CC(C)OCc1cccc(CNC(=O)C2CC2c2ccc(Br)cc2)c1. The molecule has 4 heteroatoms. The first-order valence-electron chi connectivity index (χ1n) is 8.75. The third kappa shape index (κ3) is 5.16. The third-order valence-electron chi connectivity index (χ3n) is 4.47. The molecule has 0 aliphatic heterocycles. The Kier molecular flexibility index (Phi) is 5.92. The van der Waals surface area contributed by atoms with Crippen LogP contribution in [0.2, 0.25) is 0 Å². The Morgan fingerprint density at radius 1 is 1.20 bits per heavy atom. The highest BCUT2D eigenvalue weighted by Gasteiger charge is 2.43. The molecule has 1 aliphatic rings. The smallest absolute Gasteiger partial charge is 0.224 e. The summed E-state index contributed by atoms with van der Waals surface area (Å²) in [6.45, 7) is 5.23. The molecule has 132 valence electrons. The number of ether oxygens (including phenoxy) is 1. The first-order chi connectivity index (χ1) is 12.0. The van der Waals surface area contributed by atoms with Gasteiger partial charge in [-0.3, -0.25) is 4.79 Å². The molecule has 2 unspecified atom stereocenters. The molecule has 3 nitrogen and oxygen atoms in total. The van der Waals surface area contributed by atoms with Crippen LogP contribution >= 0.6 is 15.9 Å². The molecule has 2 aromatic carbocycles. The van der Waals surface area contributed by atoms with E-state index < -0.39 is 0 Å². The van der Waals surface area contributed by atoms with E-state index in [0.717, 1.165) is 22.0 Å². The normalized spacial score (nSPS) is 19.0. The maximum absolute atomic E-state index is 12.4. The van der Waals surface area contributed by atoms with Crippen LogP contribution in [0.5, 0.6) is 0 Å². The van der Waals surface area contributed by atoms with E-state index in [4.69, 9.17) is 4.74 Å². The number of amides is 1. The average molecular weight is 402 g/mol. The van der Waals surface area contributed by atoms with Gasteiger partial charge in [-0.25, -0.2) is 0 Å². The molecule has 2 atom stereocenters. The van der Waals surface area contributed by atoms with Crippen molar-refractivity contribution in [2.24, 2.45) is 5.92 Å². The van der Waals surface area contributed by atoms with Gasteiger partial charge in [-0.15, -0.1) is 0 Å². The maximum atomic E-state index is 12.4. The van der Waals surface area contributed by atoms with Crippen LogP contribution in [-0.2, 0) is 22.7 Å². The van der Waals surface area contributed by atoms with Crippen molar-refractivity contribution < 1.29 is 9.53 Å². The predicted octanol–water partition coefficient (Wildman–Crippen LogP) is 4.79. The molecule has 1 aliphatic carbocycles. The molecular formula is C21H24BrNO2. The molecule has 1 N–H and O–H groups in total. The van der Waals surface area contributed by atoms with Gasteiger partial charge in [0.15, 0.2) is 0 Å². The number of hydrogen-bond donors (Lipinski definition) is 1. The van der Waals surface area contributed by atoms with Crippen molar-refractivity contribution in [2.75, 3.05) is 0 Å². The standard InChI is InChI=1S/C21H24BrNO2/c1-14(2)25-13-16-5-3-4-15(10-16)12-23-21(24)20-11-19(20)17-6-8-18(22)9-7-17/h3-10,14,19-20H,11-13H2,1-2H3,(H,23,24). The summed E-state index contributed by atoms with van der Waals surface area (Å²) in [5.74, 6) is 0.615. The van der Waals surface area contributed by atoms with E-state index in [-0.39, 0.29) is 17.9 Å². The molecule has 0 bridgehead atoms. The largest absolute Gasteiger partial charge is 0.374 e. The second kappa shape index (κ2) is 8.15. The lowest BCUT2D eigenvalue weighted by Gasteiger charge is -2.10. The Hall–Kier alpha value is -1.65. The van der Waals surface area contributed by atoms with Crippen molar-refractivity contribution >= 4 is 21.8 Å². The number of halogens is 1. The van der Waals surface area contributed by atoms with Gasteiger partial charge in [-0.05, 0) is 55.0 Å². The van der Waals surface area contributed by atoms with Crippen molar-refractivity contribution in [1.82, 2.24) is 5.32 Å². The zero-order chi connectivity index (χ0) is 17.8. The van der Waals surface area contributed by atoms with Gasteiger partial charge in [0, 0.05) is 16.9 Å². The molecule has 25 heavy (non-hydrogen) atoms. The molecule has 1 saturated carbocycles. The highest BCUT2D eigenvalue weighted by molar-refractivity contribution is 9.10. The third-order valence-corrected chi connectivity index (χ3v) is 5.00. The van der Waals surface area contributed by atoms with E-state index in [1.54, 1.807) is 0 Å². The van der Waals surface area contributed by atoms with Gasteiger partial charge in [-0.2, -0.15) is 0 Å². The minimum atomic E-state index is 0.105. The average Bonchev–Trinajstić information content (AvgIpc) is 3.40. The number of hydrogen-bond acceptors (Lipinski definition) is 2. The fourth-order valence-electron chi connectivity index (χ4n) is 2.98. The Balaban J connectivity index is 1.50. The molecule has 1 amide bonds. The molecule has 1 fully saturated rings. The molecule has 0 heterocycles. The van der Waals surface area contributed by atoms with Gasteiger partial charge in [0.25, 0.3) is 0 Å². The summed E-state index contributed by atoms with van der Waals surface area (Å²) in [6, 6.07) is 16.5. The second-order valence-electron chi connectivity index (χ2n) is 6.90. The van der Waals surface area contributed by atoms with Gasteiger partial charge in [-0.1, -0.05) is 52.3 Å². The van der Waals surface area contributed by atoms with Crippen LogP contribution in [0.25, 0.3) is 0 Å². The summed E-state index contributed by atoms with van der Waals surface area (Å²) in [4.78, 5) is 12.4. The fraction of sp³-hybridized carbons (Fsp3) is 0.381. The van der Waals surface area contributed by atoms with E-state index in [1.165, 1.54) is 5.56 Å². The quantitative estimate of drug-likeness (QED) is 0.723. The topological polar surface area (TPSA) is 38.3 Å². The summed E-state index contributed by atoms with van der Waals surface area (Å²) in [5, 5.41) is 3.08. The minimum Gasteiger partial charge on any atom is -0.374 e. The molecule has 3 rings (SSSR count). The van der Waals surface area contributed by atoms with E-state index >= 15 is 0 Å². The second-order valence-corrected chi connectivity index (χ2v) is 7.81. The minimum absolute atomic E-state index is 0.105. The summed E-state index contributed by atoms with van der Waals surface area (Å²) < 4.78 is 6.71. The predicted molar refractivity (Wildman–Crippen MR) is 103 cm³/mol. The van der Waals surface area contributed by atoms with Crippen molar-refractivity contribution in [1.29, 1.82) is 0 Å². The zero-order valence-electron chi connectivity index (χ0n) is 14.7. The molecule has 0 spiro atoms. The Morgan fingerprint density at radius 3 is 2.64 bits per heavy atom. The van der Waals surface area contributed by atoms with Gasteiger partial charge < -0.3 is 10.1 Å². The highest BCUT2D eigenvalue weighted by atomic mass is 79.9. The molecule has 2 aromatic rings. The number of rotatable bonds is 7. The summed E-state index contributed by atoms with van der Waals surface area (Å²) >= 11 is 3.45. The lowest BCUT2D eigenvalue weighted by atomic mass is 10.1. The Bertz CT molecular complexity index is 727. The van der Waals surface area contributed by atoms with Crippen LogP contribution in [0.15, 0.2) is 53.0 Å². The van der Waals surface area contributed by atoms with Crippen LogP contribution in [-0.4, -0.2) is 12.0 Å². The zero-order valence-corrected chi connectivity index (χ0v) is 16.3. The van der Waals surface area contributed by atoms with Crippen molar-refractivity contribution in [3.05, 3.63) is 69.7 Å². The van der Waals surface area contributed by atoms with Gasteiger partial charge >= 0.3 is 0 Å². The van der Waals surface area contributed by atoms with E-state index in [9.17, 15) is 4.79 Å². The first-order valence-corrected chi connectivity index (χ1v) is 9.55. The molecule has 0 aromatic heterocycles.